The Kier molecular flexibility index (Phi) is 6.18. The molecule has 0 radical (unpaired) electrons. The van der Waals surface area contributed by atoms with Crippen LogP contribution in [0.25, 0.3) is 11.0 Å². The number of rotatable bonds is 7. The molecule has 1 fully saturated rings. The van der Waals surface area contributed by atoms with E-state index in [1.165, 1.54) is 0 Å². The van der Waals surface area contributed by atoms with Gasteiger partial charge in [-0.25, -0.2) is 4.98 Å². The van der Waals surface area contributed by atoms with Gasteiger partial charge in [0, 0.05) is 18.2 Å². The lowest BCUT2D eigenvalue weighted by Crippen LogP contribution is -2.32. The Morgan fingerprint density at radius 1 is 1.27 bits per heavy atom. The van der Waals surface area contributed by atoms with Crippen molar-refractivity contribution < 1.29 is 14.3 Å². The van der Waals surface area contributed by atoms with Crippen LogP contribution in [0, 0.1) is 0 Å². The van der Waals surface area contributed by atoms with E-state index in [-0.39, 0.29) is 17.2 Å². The van der Waals surface area contributed by atoms with Crippen LogP contribution >= 0.6 is 11.8 Å². The number of nitrogens with zero attached hydrogens (tertiary/aromatic N) is 2. The fourth-order valence-corrected chi connectivity index (χ4v) is 4.83. The zero-order valence-electron chi connectivity index (χ0n) is 17.6. The largest absolute Gasteiger partial charge is 0.497 e. The molecule has 1 aliphatic rings. The lowest BCUT2D eigenvalue weighted by molar-refractivity contribution is -0.129. The van der Waals surface area contributed by atoms with Crippen molar-refractivity contribution in [1.82, 2.24) is 14.9 Å². The highest BCUT2D eigenvalue weighted by Gasteiger charge is 2.32. The van der Waals surface area contributed by atoms with E-state index < -0.39 is 0 Å². The minimum absolute atomic E-state index is 0.0421. The number of carbonyl (C=O) groups excluding carboxylic acids is 1. The molecule has 3 aromatic rings. The highest BCUT2D eigenvalue weighted by atomic mass is 32.2. The van der Waals surface area contributed by atoms with Crippen molar-refractivity contribution in [3.8, 4) is 11.5 Å². The van der Waals surface area contributed by atoms with Crippen molar-refractivity contribution >= 4 is 28.7 Å². The Morgan fingerprint density at radius 3 is 2.87 bits per heavy atom. The molecule has 0 bridgehead atoms. The van der Waals surface area contributed by atoms with Crippen LogP contribution in [0.15, 0.2) is 42.5 Å². The van der Waals surface area contributed by atoms with Crippen LogP contribution in [0.4, 0.5) is 0 Å². The van der Waals surface area contributed by atoms with E-state index in [0.717, 1.165) is 53.3 Å². The van der Waals surface area contributed by atoms with Gasteiger partial charge < -0.3 is 19.4 Å². The van der Waals surface area contributed by atoms with Gasteiger partial charge in [-0.2, -0.15) is 0 Å². The van der Waals surface area contributed by atoms with Gasteiger partial charge in [0.1, 0.15) is 17.3 Å². The summed E-state index contributed by atoms with van der Waals surface area (Å²) in [5.41, 5.74) is 3.02. The molecule has 2 heterocycles. The van der Waals surface area contributed by atoms with Gasteiger partial charge in [0.2, 0.25) is 5.91 Å². The highest BCUT2D eigenvalue weighted by Crippen LogP contribution is 2.39. The van der Waals surface area contributed by atoms with Gasteiger partial charge in [0.15, 0.2) is 0 Å². The SMILES string of the molecule is COc1ccc(C2CCCN2C(=O)CSC(C)c2nc3ccccc3[nH]2)c(OC)c1. The summed E-state index contributed by atoms with van der Waals surface area (Å²) in [7, 11) is 3.30. The number of methoxy groups -OCH3 is 2. The maximum absolute atomic E-state index is 13.1. The van der Waals surface area contributed by atoms with Gasteiger partial charge >= 0.3 is 0 Å². The highest BCUT2D eigenvalue weighted by molar-refractivity contribution is 8.00. The molecule has 1 saturated heterocycles. The summed E-state index contributed by atoms with van der Waals surface area (Å²) in [4.78, 5) is 23.1. The number of fused-ring (bicyclic) bond motifs is 1. The number of H-pyrrole nitrogens is 1. The molecule has 1 aliphatic heterocycles. The lowest BCUT2D eigenvalue weighted by Gasteiger charge is -2.27. The fraction of sp³-hybridized carbons (Fsp3) is 0.391. The molecule has 2 aromatic carbocycles. The van der Waals surface area contributed by atoms with Crippen LogP contribution in [-0.2, 0) is 4.79 Å². The summed E-state index contributed by atoms with van der Waals surface area (Å²) < 4.78 is 10.9. The number of imidazole rings is 1. The summed E-state index contributed by atoms with van der Waals surface area (Å²) in [6.07, 6.45) is 1.94. The number of hydrogen-bond donors (Lipinski definition) is 1. The van der Waals surface area contributed by atoms with Crippen LogP contribution in [0.2, 0.25) is 0 Å². The van der Waals surface area contributed by atoms with Crippen molar-refractivity contribution in [2.75, 3.05) is 26.5 Å². The first-order valence-corrected chi connectivity index (χ1v) is 11.2. The van der Waals surface area contributed by atoms with Crippen LogP contribution in [-0.4, -0.2) is 47.3 Å². The minimum atomic E-state index is 0.0421. The van der Waals surface area contributed by atoms with Gasteiger partial charge in [-0.3, -0.25) is 4.79 Å². The van der Waals surface area contributed by atoms with Gasteiger partial charge in [-0.15, -0.1) is 11.8 Å². The smallest absolute Gasteiger partial charge is 0.233 e. The summed E-state index contributed by atoms with van der Waals surface area (Å²) in [5, 5.41) is 0.109. The summed E-state index contributed by atoms with van der Waals surface area (Å²) in [6.45, 7) is 2.86. The zero-order chi connectivity index (χ0) is 21.1. The van der Waals surface area contributed by atoms with E-state index in [0.29, 0.717) is 5.75 Å². The third-order valence-electron chi connectivity index (χ3n) is 5.62. The third kappa shape index (κ3) is 4.12. The molecule has 6 nitrogen and oxygen atoms in total. The van der Waals surface area contributed by atoms with E-state index in [1.54, 1.807) is 26.0 Å². The van der Waals surface area contributed by atoms with E-state index in [1.807, 2.05) is 47.4 Å². The van der Waals surface area contributed by atoms with E-state index in [2.05, 4.69) is 16.9 Å². The number of nitrogens with one attached hydrogen (secondary N) is 1. The van der Waals surface area contributed by atoms with Crippen LogP contribution in [0.3, 0.4) is 0 Å². The first kappa shape index (κ1) is 20.6. The van der Waals surface area contributed by atoms with Gasteiger partial charge in [0.25, 0.3) is 0 Å². The molecule has 0 aliphatic carbocycles. The second-order valence-electron chi connectivity index (χ2n) is 7.45. The normalized spacial score (nSPS) is 17.3. The average molecular weight is 426 g/mol. The summed E-state index contributed by atoms with van der Waals surface area (Å²) in [5.74, 6) is 3.00. The Bertz CT molecular complexity index is 1000. The molecule has 7 heteroatoms. The topological polar surface area (TPSA) is 67.5 Å². The molecule has 2 atom stereocenters. The number of thioether (sulfide) groups is 1. The first-order chi connectivity index (χ1) is 14.6. The van der Waals surface area contributed by atoms with Gasteiger partial charge in [-0.05, 0) is 44.0 Å². The minimum Gasteiger partial charge on any atom is -0.497 e. The number of ether oxygens (including phenoxy) is 2. The van der Waals surface area contributed by atoms with Crippen LogP contribution in [0.5, 0.6) is 11.5 Å². The van der Waals surface area contributed by atoms with Crippen molar-refractivity contribution in [2.45, 2.75) is 31.1 Å². The molecule has 158 valence electrons. The molecule has 4 rings (SSSR count). The van der Waals surface area contributed by atoms with Crippen molar-refractivity contribution in [2.24, 2.45) is 0 Å². The van der Waals surface area contributed by atoms with Gasteiger partial charge in [-0.1, -0.05) is 12.1 Å². The molecule has 0 saturated carbocycles. The number of hydrogen-bond acceptors (Lipinski definition) is 5. The standard InChI is InChI=1S/C23H27N3O3S/c1-15(23-24-18-7-4-5-8-19(18)25-23)30-14-22(27)26-12-6-9-20(26)17-11-10-16(28-2)13-21(17)29-3/h4-5,7-8,10-11,13,15,20H,6,9,12,14H2,1-3H3,(H,24,25). The maximum atomic E-state index is 13.1. The Morgan fingerprint density at radius 2 is 2.10 bits per heavy atom. The Labute approximate surface area is 181 Å². The second kappa shape index (κ2) is 9.00. The quantitative estimate of drug-likeness (QED) is 0.592. The summed E-state index contributed by atoms with van der Waals surface area (Å²) in [6, 6.07) is 13.9. The molecule has 1 aromatic heterocycles. The van der Waals surface area contributed by atoms with Crippen molar-refractivity contribution in [3.05, 3.63) is 53.9 Å². The van der Waals surface area contributed by atoms with Crippen molar-refractivity contribution in [1.29, 1.82) is 0 Å². The fourth-order valence-electron chi connectivity index (χ4n) is 4.01. The average Bonchev–Trinajstić information content (AvgIpc) is 3.44. The predicted octanol–water partition coefficient (Wildman–Crippen LogP) is 4.74. The van der Waals surface area contributed by atoms with Crippen LogP contribution in [0.1, 0.15) is 42.4 Å². The Balaban J connectivity index is 1.43. The number of amides is 1. The second-order valence-corrected chi connectivity index (χ2v) is 8.77. The first-order valence-electron chi connectivity index (χ1n) is 10.2. The molecule has 1 N–H and O–H groups in total. The monoisotopic (exact) mass is 425 g/mol. The third-order valence-corrected chi connectivity index (χ3v) is 6.76. The van der Waals surface area contributed by atoms with E-state index in [4.69, 9.17) is 9.47 Å². The number of benzene rings is 2. The predicted molar refractivity (Wildman–Crippen MR) is 120 cm³/mol. The van der Waals surface area contributed by atoms with Crippen LogP contribution < -0.4 is 9.47 Å². The number of carbonyl (C=O) groups is 1. The number of aromatic nitrogens is 2. The molecule has 2 unspecified atom stereocenters. The van der Waals surface area contributed by atoms with E-state index in [9.17, 15) is 4.79 Å². The molecule has 30 heavy (non-hydrogen) atoms. The Hall–Kier alpha value is -2.67. The summed E-state index contributed by atoms with van der Waals surface area (Å²) >= 11 is 1.62. The number of para-hydroxylation sites is 2. The maximum Gasteiger partial charge on any atom is 0.233 e. The van der Waals surface area contributed by atoms with Gasteiger partial charge in [0.05, 0.1) is 42.3 Å². The number of aromatic amines is 1. The molecular formula is C23H27N3O3S. The van der Waals surface area contributed by atoms with E-state index >= 15 is 0 Å². The zero-order valence-corrected chi connectivity index (χ0v) is 18.4. The molecular weight excluding hydrogens is 398 g/mol. The number of likely N-dealkylation sites (tertiary alicyclic amines) is 1. The lowest BCUT2D eigenvalue weighted by atomic mass is 10.0. The molecule has 1 amide bonds. The van der Waals surface area contributed by atoms with Crippen molar-refractivity contribution in [3.63, 3.8) is 0 Å². The molecule has 0 spiro atoms.